The van der Waals surface area contributed by atoms with Gasteiger partial charge in [-0.1, -0.05) is 32.6 Å². The van der Waals surface area contributed by atoms with Crippen LogP contribution in [0.2, 0.25) is 0 Å². The first-order valence-corrected chi connectivity index (χ1v) is 9.87. The fourth-order valence-corrected chi connectivity index (χ4v) is 3.15. The Labute approximate surface area is 170 Å². The van der Waals surface area contributed by atoms with Gasteiger partial charge in [0.2, 0.25) is 5.76 Å². The number of nitrogens with one attached hydrogen (secondary N) is 2. The molecule has 10 nitrogen and oxygen atoms in total. The van der Waals surface area contributed by atoms with Gasteiger partial charge in [0.05, 0.1) is 6.04 Å². The number of carboxylic acids is 1. The summed E-state index contributed by atoms with van der Waals surface area (Å²) in [5.74, 6) is -2.34. The SMILES string of the molecule is CCCCCCCC(=O)OC[C@@H](O)[C@@H](OC)C1CC(NC(=N)N)C=C(C(=O)O)O1. The molecule has 1 heterocycles. The molecule has 0 spiro atoms. The predicted molar refractivity (Wildman–Crippen MR) is 105 cm³/mol. The maximum absolute atomic E-state index is 11.8. The first-order valence-electron chi connectivity index (χ1n) is 9.87. The maximum Gasteiger partial charge on any atom is 0.370 e. The van der Waals surface area contributed by atoms with Crippen LogP contribution in [0.15, 0.2) is 11.8 Å². The number of aliphatic hydroxyl groups excluding tert-OH is 1. The fourth-order valence-electron chi connectivity index (χ4n) is 3.15. The fraction of sp³-hybridized carbons (Fsp3) is 0.737. The van der Waals surface area contributed by atoms with Crippen molar-refractivity contribution >= 4 is 17.9 Å². The molecule has 0 saturated carbocycles. The summed E-state index contributed by atoms with van der Waals surface area (Å²) in [4.78, 5) is 23.2. The smallest absolute Gasteiger partial charge is 0.370 e. The van der Waals surface area contributed by atoms with Gasteiger partial charge in [-0.2, -0.15) is 0 Å². The van der Waals surface area contributed by atoms with Gasteiger partial charge in [0.25, 0.3) is 0 Å². The van der Waals surface area contributed by atoms with Gasteiger partial charge in [-0.15, -0.1) is 0 Å². The van der Waals surface area contributed by atoms with E-state index in [0.29, 0.717) is 0 Å². The Morgan fingerprint density at radius 3 is 2.66 bits per heavy atom. The van der Waals surface area contributed by atoms with Crippen molar-refractivity contribution in [1.29, 1.82) is 5.41 Å². The van der Waals surface area contributed by atoms with Crippen LogP contribution in [0.25, 0.3) is 0 Å². The lowest BCUT2D eigenvalue weighted by atomic mass is 9.97. The van der Waals surface area contributed by atoms with Gasteiger partial charge in [-0.05, 0) is 12.5 Å². The van der Waals surface area contributed by atoms with E-state index in [2.05, 4.69) is 12.2 Å². The van der Waals surface area contributed by atoms with Crippen LogP contribution in [0.1, 0.15) is 51.9 Å². The van der Waals surface area contributed by atoms with Gasteiger partial charge in [0.15, 0.2) is 5.96 Å². The number of methoxy groups -OCH3 is 1. The average Bonchev–Trinajstić information content (AvgIpc) is 2.66. The Morgan fingerprint density at radius 2 is 2.07 bits per heavy atom. The monoisotopic (exact) mass is 415 g/mol. The summed E-state index contributed by atoms with van der Waals surface area (Å²) in [6.45, 7) is 1.83. The highest BCUT2D eigenvalue weighted by atomic mass is 16.6. The lowest BCUT2D eigenvalue weighted by Crippen LogP contribution is -2.50. The molecule has 1 aliphatic heterocycles. The Morgan fingerprint density at radius 1 is 1.38 bits per heavy atom. The van der Waals surface area contributed by atoms with Gasteiger partial charge in [0, 0.05) is 20.0 Å². The van der Waals surface area contributed by atoms with Crippen molar-refractivity contribution in [1.82, 2.24) is 5.32 Å². The summed E-state index contributed by atoms with van der Waals surface area (Å²) in [6, 6.07) is -0.576. The topological polar surface area (TPSA) is 164 Å². The number of hydrogen-bond donors (Lipinski definition) is 5. The third-order valence-electron chi connectivity index (χ3n) is 4.59. The van der Waals surface area contributed by atoms with Gasteiger partial charge in [0.1, 0.15) is 24.9 Å². The molecule has 0 fully saturated rings. The first-order chi connectivity index (χ1) is 13.8. The summed E-state index contributed by atoms with van der Waals surface area (Å²) < 4.78 is 15.8. The minimum atomic E-state index is -1.29. The zero-order valence-corrected chi connectivity index (χ0v) is 17.1. The third kappa shape index (κ3) is 9.14. The number of esters is 1. The number of carbonyl (C=O) groups is 2. The molecular formula is C19H33N3O7. The molecule has 2 unspecified atom stereocenters. The molecule has 166 valence electrons. The molecule has 6 N–H and O–H groups in total. The van der Waals surface area contributed by atoms with E-state index in [0.717, 1.165) is 32.1 Å². The van der Waals surface area contributed by atoms with E-state index < -0.39 is 36.3 Å². The van der Waals surface area contributed by atoms with Crippen LogP contribution in [0.4, 0.5) is 0 Å². The minimum Gasteiger partial charge on any atom is -0.480 e. The highest BCUT2D eigenvalue weighted by Gasteiger charge is 2.37. The Kier molecular flexibility index (Phi) is 11.1. The van der Waals surface area contributed by atoms with Crippen molar-refractivity contribution in [3.05, 3.63) is 11.8 Å². The third-order valence-corrected chi connectivity index (χ3v) is 4.59. The van der Waals surface area contributed by atoms with Crippen LogP contribution < -0.4 is 11.1 Å². The van der Waals surface area contributed by atoms with E-state index in [4.69, 9.17) is 25.4 Å². The van der Waals surface area contributed by atoms with E-state index in [9.17, 15) is 19.8 Å². The van der Waals surface area contributed by atoms with E-state index in [1.54, 1.807) is 0 Å². The second-order valence-electron chi connectivity index (χ2n) is 7.01. The predicted octanol–water partition coefficient (Wildman–Crippen LogP) is 0.875. The molecule has 0 amide bonds. The molecule has 0 aromatic carbocycles. The molecule has 0 aromatic rings. The number of unbranched alkanes of at least 4 members (excludes halogenated alkanes) is 4. The van der Waals surface area contributed by atoms with Crippen molar-refractivity contribution in [2.45, 2.75) is 76.2 Å². The van der Waals surface area contributed by atoms with Gasteiger partial charge < -0.3 is 35.5 Å². The molecule has 0 aromatic heterocycles. The molecule has 0 aliphatic carbocycles. The minimum absolute atomic E-state index is 0.206. The lowest BCUT2D eigenvalue weighted by Gasteiger charge is -2.35. The summed E-state index contributed by atoms with van der Waals surface area (Å²) in [6.07, 6.45) is 3.83. The lowest BCUT2D eigenvalue weighted by molar-refractivity contribution is -0.157. The first kappa shape index (κ1) is 24.7. The summed E-state index contributed by atoms with van der Waals surface area (Å²) in [5.41, 5.74) is 5.32. The number of carbonyl (C=O) groups excluding carboxylic acids is 1. The van der Waals surface area contributed by atoms with Crippen LogP contribution in [-0.4, -0.2) is 66.2 Å². The Balaban J connectivity index is 2.58. The molecule has 10 heteroatoms. The normalized spacial score (nSPS) is 20.7. The van der Waals surface area contributed by atoms with Gasteiger partial charge >= 0.3 is 11.9 Å². The summed E-state index contributed by atoms with van der Waals surface area (Å²) in [7, 11) is 1.35. The second kappa shape index (κ2) is 13.0. The molecule has 1 rings (SSSR count). The van der Waals surface area contributed by atoms with Crippen LogP contribution in [0, 0.1) is 5.41 Å². The summed E-state index contributed by atoms with van der Waals surface area (Å²) in [5, 5.41) is 29.6. The van der Waals surface area contributed by atoms with E-state index >= 15 is 0 Å². The number of hydrogen-bond acceptors (Lipinski definition) is 7. The van der Waals surface area contributed by atoms with Gasteiger partial charge in [-0.25, -0.2) is 4.79 Å². The second-order valence-corrected chi connectivity index (χ2v) is 7.01. The largest absolute Gasteiger partial charge is 0.480 e. The number of rotatable bonds is 13. The molecule has 4 atom stereocenters. The van der Waals surface area contributed by atoms with E-state index in [1.165, 1.54) is 13.2 Å². The van der Waals surface area contributed by atoms with Crippen LogP contribution >= 0.6 is 0 Å². The summed E-state index contributed by atoms with van der Waals surface area (Å²) >= 11 is 0. The Hall–Kier alpha value is -2.33. The van der Waals surface area contributed by atoms with Crippen molar-refractivity contribution in [2.75, 3.05) is 13.7 Å². The van der Waals surface area contributed by atoms with E-state index in [1.807, 2.05) is 0 Å². The van der Waals surface area contributed by atoms with Gasteiger partial charge in [-0.3, -0.25) is 10.2 Å². The number of nitrogens with two attached hydrogens (primary N) is 1. The average molecular weight is 415 g/mol. The molecular weight excluding hydrogens is 382 g/mol. The standard InChI is InChI=1S/C19H33N3O7/c1-3-4-5-6-7-8-16(24)28-11-13(23)17(27-2)14-9-12(22-19(20)21)10-15(29-14)18(25)26/h10,12-14,17,23H,3-9,11H2,1-2H3,(H,25,26)(H4,20,21,22)/t12?,13-,14?,17-/m1/s1. The molecule has 0 bridgehead atoms. The molecule has 29 heavy (non-hydrogen) atoms. The molecule has 0 radical (unpaired) electrons. The number of carboxylic acid groups (broad SMARTS) is 1. The maximum atomic E-state index is 11.8. The van der Waals surface area contributed by atoms with Crippen molar-refractivity contribution in [2.24, 2.45) is 5.73 Å². The molecule has 1 aliphatic rings. The van der Waals surface area contributed by atoms with Crippen molar-refractivity contribution < 1.29 is 34.0 Å². The highest BCUT2D eigenvalue weighted by Crippen LogP contribution is 2.23. The van der Waals surface area contributed by atoms with Crippen molar-refractivity contribution in [3.8, 4) is 0 Å². The van der Waals surface area contributed by atoms with Crippen LogP contribution in [-0.2, 0) is 23.8 Å². The number of aliphatic hydroxyl groups is 1. The van der Waals surface area contributed by atoms with Crippen LogP contribution in [0.3, 0.4) is 0 Å². The zero-order chi connectivity index (χ0) is 21.8. The quantitative estimate of drug-likeness (QED) is 0.127. The zero-order valence-electron chi connectivity index (χ0n) is 17.1. The number of ether oxygens (including phenoxy) is 3. The van der Waals surface area contributed by atoms with Crippen LogP contribution in [0.5, 0.6) is 0 Å². The van der Waals surface area contributed by atoms with E-state index in [-0.39, 0.29) is 31.2 Å². The molecule has 0 saturated heterocycles. The van der Waals surface area contributed by atoms with Crippen molar-refractivity contribution in [3.63, 3.8) is 0 Å². The highest BCUT2D eigenvalue weighted by molar-refractivity contribution is 5.85. The number of guanidine groups is 1. The number of aliphatic carboxylic acids is 1. The Bertz CT molecular complexity index is 582.